The monoisotopic (exact) mass is 178 g/mol. The van der Waals surface area contributed by atoms with Gasteiger partial charge in [-0.15, -0.1) is 5.92 Å². The molecule has 1 rings (SSSR count). The molecule has 0 bridgehead atoms. The van der Waals surface area contributed by atoms with E-state index < -0.39 is 0 Å². The zero-order valence-corrected chi connectivity index (χ0v) is 8.70. The second kappa shape index (κ2) is 4.34. The van der Waals surface area contributed by atoms with Crippen LogP contribution in [0.5, 0.6) is 0 Å². The third kappa shape index (κ3) is 2.26. The lowest BCUT2D eigenvalue weighted by molar-refractivity contribution is 0.533. The normalized spacial score (nSPS) is 26.8. The van der Waals surface area contributed by atoms with Gasteiger partial charge in [0.05, 0.1) is 0 Å². The van der Waals surface area contributed by atoms with Crippen molar-refractivity contribution >= 4 is 0 Å². The van der Waals surface area contributed by atoms with E-state index in [4.69, 9.17) is 0 Å². The predicted octanol–water partition coefficient (Wildman–Crippen LogP) is 1.26. The minimum Gasteiger partial charge on any atom is -0.387 e. The van der Waals surface area contributed by atoms with Crippen molar-refractivity contribution in [1.82, 2.24) is 10.6 Å². The third-order valence-electron chi connectivity index (χ3n) is 2.36. The summed E-state index contributed by atoms with van der Waals surface area (Å²) in [5.74, 6) is 6.42. The summed E-state index contributed by atoms with van der Waals surface area (Å²) in [6.45, 7) is 5.17. The maximum absolute atomic E-state index is 3.36. The number of hydrogen-bond donors (Lipinski definition) is 2. The fourth-order valence-corrected chi connectivity index (χ4v) is 1.44. The minimum atomic E-state index is -0.188. The second-order valence-corrected chi connectivity index (χ2v) is 3.36. The number of nitrogens with one attached hydrogen (secondary N) is 2. The molecular weight excluding hydrogens is 160 g/mol. The average molecular weight is 178 g/mol. The lowest BCUT2D eigenvalue weighted by Gasteiger charge is -2.26. The molecule has 0 unspecified atom stereocenters. The Morgan fingerprint density at radius 2 is 2.38 bits per heavy atom. The van der Waals surface area contributed by atoms with E-state index in [1.54, 1.807) is 0 Å². The van der Waals surface area contributed by atoms with Gasteiger partial charge in [0.1, 0.15) is 5.54 Å². The van der Waals surface area contributed by atoms with Crippen LogP contribution in [-0.2, 0) is 0 Å². The van der Waals surface area contributed by atoms with Crippen LogP contribution in [0.25, 0.3) is 0 Å². The predicted molar refractivity (Wildman–Crippen MR) is 56.2 cm³/mol. The van der Waals surface area contributed by atoms with Crippen molar-refractivity contribution in [2.45, 2.75) is 32.2 Å². The second-order valence-electron chi connectivity index (χ2n) is 3.36. The zero-order valence-electron chi connectivity index (χ0n) is 8.70. The molecule has 0 saturated carbocycles. The maximum Gasteiger partial charge on any atom is 0.117 e. The Morgan fingerprint density at radius 3 is 3.00 bits per heavy atom. The van der Waals surface area contributed by atoms with E-state index in [0.717, 1.165) is 19.4 Å². The molecular formula is C11H18N2. The van der Waals surface area contributed by atoms with E-state index >= 15 is 0 Å². The molecule has 0 heterocycles. The number of allylic oxidation sites excluding steroid dienone is 1. The van der Waals surface area contributed by atoms with Gasteiger partial charge in [0.25, 0.3) is 0 Å². The summed E-state index contributed by atoms with van der Waals surface area (Å²) in [4.78, 5) is 0. The molecule has 13 heavy (non-hydrogen) atoms. The summed E-state index contributed by atoms with van der Waals surface area (Å²) in [6, 6.07) is 0. The molecule has 0 saturated heterocycles. The maximum atomic E-state index is 3.36. The topological polar surface area (TPSA) is 24.1 Å². The van der Waals surface area contributed by atoms with Crippen molar-refractivity contribution < 1.29 is 0 Å². The van der Waals surface area contributed by atoms with Crippen molar-refractivity contribution in [1.29, 1.82) is 0 Å². The Kier molecular flexibility index (Phi) is 3.39. The van der Waals surface area contributed by atoms with Crippen LogP contribution in [0.2, 0.25) is 0 Å². The Balaban J connectivity index is 2.88. The van der Waals surface area contributed by atoms with Gasteiger partial charge < -0.3 is 5.32 Å². The van der Waals surface area contributed by atoms with E-state index in [1.165, 1.54) is 5.70 Å². The highest BCUT2D eigenvalue weighted by molar-refractivity contribution is 5.34. The molecule has 0 aliphatic heterocycles. The third-order valence-corrected chi connectivity index (χ3v) is 2.36. The molecule has 1 aliphatic carbocycles. The summed E-state index contributed by atoms with van der Waals surface area (Å²) < 4.78 is 0. The quantitative estimate of drug-likeness (QED) is 0.636. The van der Waals surface area contributed by atoms with E-state index in [-0.39, 0.29) is 5.54 Å². The van der Waals surface area contributed by atoms with Gasteiger partial charge in [0.15, 0.2) is 0 Å². The molecule has 72 valence electrons. The standard InChI is InChI=1S/C11H18N2/c1-4-13-10-8-6-5-7-9-11(10,2)12-3/h8,12-13H,4-6H2,1-3H3/t11-/m1/s1. The largest absolute Gasteiger partial charge is 0.387 e. The van der Waals surface area contributed by atoms with Gasteiger partial charge in [-0.25, -0.2) is 0 Å². The summed E-state index contributed by atoms with van der Waals surface area (Å²) in [7, 11) is 1.95. The van der Waals surface area contributed by atoms with Crippen LogP contribution in [0.15, 0.2) is 11.8 Å². The first-order valence-corrected chi connectivity index (χ1v) is 4.86. The van der Waals surface area contributed by atoms with Crippen molar-refractivity contribution in [3.05, 3.63) is 11.8 Å². The Morgan fingerprint density at radius 1 is 1.62 bits per heavy atom. The van der Waals surface area contributed by atoms with E-state index in [0.29, 0.717) is 0 Å². The van der Waals surface area contributed by atoms with E-state index in [2.05, 4.69) is 42.4 Å². The van der Waals surface area contributed by atoms with Crippen molar-refractivity contribution in [2.24, 2.45) is 0 Å². The summed E-state index contributed by atoms with van der Waals surface area (Å²) in [5, 5.41) is 6.61. The van der Waals surface area contributed by atoms with Crippen molar-refractivity contribution in [2.75, 3.05) is 13.6 Å². The zero-order chi connectivity index (χ0) is 9.73. The average Bonchev–Trinajstić information content (AvgIpc) is 2.31. The Labute approximate surface area is 80.8 Å². The highest BCUT2D eigenvalue weighted by atomic mass is 15.0. The van der Waals surface area contributed by atoms with Gasteiger partial charge in [-0.3, -0.25) is 5.32 Å². The number of rotatable bonds is 3. The van der Waals surface area contributed by atoms with Gasteiger partial charge in [0, 0.05) is 18.7 Å². The first-order valence-electron chi connectivity index (χ1n) is 4.86. The SMILES string of the molecule is CCNC1=CCCC#C[C@@]1(C)NC. The summed E-state index contributed by atoms with van der Waals surface area (Å²) in [5.41, 5.74) is 1.02. The molecule has 0 aromatic carbocycles. The van der Waals surface area contributed by atoms with Crippen LogP contribution in [-0.4, -0.2) is 19.1 Å². The van der Waals surface area contributed by atoms with Crippen LogP contribution in [0.1, 0.15) is 26.7 Å². The molecule has 0 aromatic heterocycles. The molecule has 2 heteroatoms. The van der Waals surface area contributed by atoms with Crippen LogP contribution in [0.3, 0.4) is 0 Å². The highest BCUT2D eigenvalue weighted by Gasteiger charge is 2.24. The first-order chi connectivity index (χ1) is 6.23. The smallest absolute Gasteiger partial charge is 0.117 e. The lowest BCUT2D eigenvalue weighted by Crippen LogP contribution is -2.45. The van der Waals surface area contributed by atoms with Crippen LogP contribution < -0.4 is 10.6 Å². The molecule has 2 nitrogen and oxygen atoms in total. The van der Waals surface area contributed by atoms with Crippen molar-refractivity contribution in [3.8, 4) is 11.8 Å². The molecule has 0 spiro atoms. The fraction of sp³-hybridized carbons (Fsp3) is 0.636. The summed E-state index contributed by atoms with van der Waals surface area (Å²) >= 11 is 0. The van der Waals surface area contributed by atoms with Gasteiger partial charge in [-0.1, -0.05) is 12.0 Å². The van der Waals surface area contributed by atoms with E-state index in [1.807, 2.05) is 7.05 Å². The van der Waals surface area contributed by atoms with Gasteiger partial charge in [-0.2, -0.15) is 0 Å². The van der Waals surface area contributed by atoms with Gasteiger partial charge >= 0.3 is 0 Å². The molecule has 1 atom stereocenters. The Hall–Kier alpha value is -0.940. The molecule has 2 N–H and O–H groups in total. The van der Waals surface area contributed by atoms with Gasteiger partial charge in [-0.05, 0) is 27.3 Å². The lowest BCUT2D eigenvalue weighted by atomic mass is 9.99. The van der Waals surface area contributed by atoms with E-state index in [9.17, 15) is 0 Å². The first kappa shape index (κ1) is 10.1. The van der Waals surface area contributed by atoms with Crippen molar-refractivity contribution in [3.63, 3.8) is 0 Å². The number of likely N-dealkylation sites (N-methyl/N-ethyl adjacent to an activating group) is 2. The highest BCUT2D eigenvalue weighted by Crippen LogP contribution is 2.16. The van der Waals surface area contributed by atoms with Crippen LogP contribution in [0.4, 0.5) is 0 Å². The Bertz CT molecular complexity index is 257. The number of hydrogen-bond acceptors (Lipinski definition) is 2. The van der Waals surface area contributed by atoms with Gasteiger partial charge in [0.2, 0.25) is 0 Å². The molecule has 0 aromatic rings. The fourth-order valence-electron chi connectivity index (χ4n) is 1.44. The molecule has 0 radical (unpaired) electrons. The van der Waals surface area contributed by atoms with Crippen LogP contribution >= 0.6 is 0 Å². The molecule has 0 amide bonds. The molecule has 0 fully saturated rings. The summed E-state index contributed by atoms with van der Waals surface area (Å²) in [6.07, 6.45) is 4.24. The minimum absolute atomic E-state index is 0.188. The molecule has 1 aliphatic rings. The van der Waals surface area contributed by atoms with Crippen LogP contribution in [0, 0.1) is 11.8 Å².